The molecular weight excluding hydrogens is 204 g/mol. The minimum atomic E-state index is -0.484. The lowest BCUT2D eigenvalue weighted by atomic mass is 9.89. The second kappa shape index (κ2) is 6.86. The summed E-state index contributed by atoms with van der Waals surface area (Å²) < 4.78 is 0. The van der Waals surface area contributed by atoms with Crippen molar-refractivity contribution in [2.75, 3.05) is 6.54 Å². The lowest BCUT2D eigenvalue weighted by molar-refractivity contribution is -0.122. The zero-order valence-electron chi connectivity index (χ0n) is 10.9. The minimum Gasteiger partial charge on any atom is -0.391 e. The Balaban J connectivity index is 3.75. The number of aliphatic hydroxyl groups excluding tert-OH is 1. The monoisotopic (exact) mass is 230 g/mol. The topological polar surface area (TPSA) is 75.4 Å². The van der Waals surface area contributed by atoms with Gasteiger partial charge in [-0.3, -0.25) is 4.79 Å². The summed E-state index contributed by atoms with van der Waals surface area (Å²) in [6.07, 6.45) is 1.31. The lowest BCUT2D eigenvalue weighted by Gasteiger charge is -2.22. The first-order valence-corrected chi connectivity index (χ1v) is 5.95. The Morgan fingerprint density at radius 2 is 2.00 bits per heavy atom. The van der Waals surface area contributed by atoms with Crippen LogP contribution in [-0.4, -0.2) is 29.7 Å². The van der Waals surface area contributed by atoms with Gasteiger partial charge in [0.2, 0.25) is 5.91 Å². The van der Waals surface area contributed by atoms with Crippen molar-refractivity contribution in [3.8, 4) is 0 Å². The van der Waals surface area contributed by atoms with Gasteiger partial charge in [-0.2, -0.15) is 0 Å². The van der Waals surface area contributed by atoms with Crippen LogP contribution in [0.4, 0.5) is 0 Å². The second-order valence-electron chi connectivity index (χ2n) is 5.60. The van der Waals surface area contributed by atoms with Gasteiger partial charge in [0.15, 0.2) is 0 Å². The van der Waals surface area contributed by atoms with E-state index in [9.17, 15) is 9.90 Å². The highest BCUT2D eigenvalue weighted by Crippen LogP contribution is 2.20. The van der Waals surface area contributed by atoms with Crippen LogP contribution < -0.4 is 11.1 Å². The molecule has 4 heteroatoms. The average molecular weight is 230 g/mol. The van der Waals surface area contributed by atoms with Crippen LogP contribution in [0.5, 0.6) is 0 Å². The van der Waals surface area contributed by atoms with Crippen molar-refractivity contribution < 1.29 is 9.90 Å². The highest BCUT2D eigenvalue weighted by Gasteiger charge is 2.17. The molecule has 0 radical (unpaired) electrons. The van der Waals surface area contributed by atoms with Crippen LogP contribution in [0.1, 0.15) is 47.0 Å². The Morgan fingerprint density at radius 3 is 2.44 bits per heavy atom. The molecule has 0 rings (SSSR count). The molecule has 0 aliphatic heterocycles. The highest BCUT2D eigenvalue weighted by molar-refractivity contribution is 5.76. The van der Waals surface area contributed by atoms with E-state index in [1.165, 1.54) is 0 Å². The third-order valence-electron chi connectivity index (χ3n) is 2.35. The molecule has 96 valence electrons. The molecule has 16 heavy (non-hydrogen) atoms. The summed E-state index contributed by atoms with van der Waals surface area (Å²) in [5.74, 6) is -0.0812. The predicted octanol–water partition coefficient (Wildman–Crippen LogP) is 1.03. The summed E-state index contributed by atoms with van der Waals surface area (Å²) >= 11 is 0. The summed E-state index contributed by atoms with van der Waals surface area (Å²) in [5, 5.41) is 12.4. The van der Waals surface area contributed by atoms with Gasteiger partial charge >= 0.3 is 0 Å². The zero-order valence-corrected chi connectivity index (χ0v) is 10.9. The molecule has 0 heterocycles. The molecule has 0 saturated carbocycles. The van der Waals surface area contributed by atoms with Crippen molar-refractivity contribution in [2.45, 2.75) is 59.1 Å². The van der Waals surface area contributed by atoms with E-state index >= 15 is 0 Å². The number of carbonyl (C=O) groups excluding carboxylic acids is 1. The summed E-state index contributed by atoms with van der Waals surface area (Å²) in [5.41, 5.74) is 5.73. The van der Waals surface area contributed by atoms with E-state index in [1.54, 1.807) is 0 Å². The quantitative estimate of drug-likeness (QED) is 0.638. The molecule has 0 fully saturated rings. The fraction of sp³-hybridized carbons (Fsp3) is 0.917. The normalized spacial score (nSPS) is 15.6. The van der Waals surface area contributed by atoms with E-state index in [1.807, 2.05) is 6.92 Å². The summed E-state index contributed by atoms with van der Waals surface area (Å²) in [6, 6.07) is -0.0836. The first kappa shape index (κ1) is 15.4. The Bertz CT molecular complexity index is 212. The fourth-order valence-corrected chi connectivity index (χ4v) is 1.47. The number of aliphatic hydroxyl groups is 1. The lowest BCUT2D eigenvalue weighted by Crippen LogP contribution is -2.37. The molecule has 0 saturated heterocycles. The van der Waals surface area contributed by atoms with Gasteiger partial charge in [-0.1, -0.05) is 27.7 Å². The average Bonchev–Trinajstić information content (AvgIpc) is 2.12. The molecule has 0 bridgehead atoms. The molecule has 0 spiro atoms. The van der Waals surface area contributed by atoms with Crippen LogP contribution in [0.2, 0.25) is 0 Å². The maximum Gasteiger partial charge on any atom is 0.221 e. The SMILES string of the molecule is CCC(N)CC(=O)NCC(O)CC(C)(C)C. The van der Waals surface area contributed by atoms with Crippen molar-refractivity contribution in [2.24, 2.45) is 11.1 Å². The van der Waals surface area contributed by atoms with Crippen molar-refractivity contribution >= 4 is 5.91 Å². The van der Waals surface area contributed by atoms with Gasteiger partial charge < -0.3 is 16.2 Å². The van der Waals surface area contributed by atoms with Crippen LogP contribution >= 0.6 is 0 Å². The third-order valence-corrected chi connectivity index (χ3v) is 2.35. The van der Waals surface area contributed by atoms with Gasteiger partial charge in [0.05, 0.1) is 6.10 Å². The zero-order chi connectivity index (χ0) is 12.8. The number of nitrogens with one attached hydrogen (secondary N) is 1. The van der Waals surface area contributed by atoms with Crippen LogP contribution in [0.3, 0.4) is 0 Å². The summed E-state index contributed by atoms with van der Waals surface area (Å²) in [4.78, 5) is 11.4. The van der Waals surface area contributed by atoms with Crippen LogP contribution in [0.25, 0.3) is 0 Å². The Labute approximate surface area is 98.6 Å². The van der Waals surface area contributed by atoms with Crippen molar-refractivity contribution in [1.82, 2.24) is 5.32 Å². The largest absolute Gasteiger partial charge is 0.391 e. The molecule has 0 aromatic carbocycles. The number of hydrogen-bond donors (Lipinski definition) is 3. The maximum absolute atomic E-state index is 11.4. The van der Waals surface area contributed by atoms with Gasteiger partial charge in [0, 0.05) is 19.0 Å². The fourth-order valence-electron chi connectivity index (χ4n) is 1.47. The first-order chi connectivity index (χ1) is 7.24. The predicted molar refractivity (Wildman–Crippen MR) is 66.0 cm³/mol. The van der Waals surface area contributed by atoms with Crippen molar-refractivity contribution in [1.29, 1.82) is 0 Å². The van der Waals surface area contributed by atoms with E-state index in [0.717, 1.165) is 6.42 Å². The molecule has 4 N–H and O–H groups in total. The number of carbonyl (C=O) groups is 1. The standard InChI is InChI=1S/C12H26N2O2/c1-5-9(13)6-11(16)14-8-10(15)7-12(2,3)4/h9-10,15H,5-8,13H2,1-4H3,(H,14,16). The third kappa shape index (κ3) is 8.68. The number of nitrogens with two attached hydrogens (primary N) is 1. The van der Waals surface area contributed by atoms with Crippen LogP contribution in [-0.2, 0) is 4.79 Å². The summed E-state index contributed by atoms with van der Waals surface area (Å²) in [7, 11) is 0. The molecule has 0 aromatic heterocycles. The maximum atomic E-state index is 11.4. The van der Waals surface area contributed by atoms with Gasteiger partial charge in [-0.25, -0.2) is 0 Å². The van der Waals surface area contributed by atoms with Gasteiger partial charge in [-0.15, -0.1) is 0 Å². The van der Waals surface area contributed by atoms with Crippen LogP contribution in [0.15, 0.2) is 0 Å². The molecule has 2 unspecified atom stereocenters. The Hall–Kier alpha value is -0.610. The van der Waals surface area contributed by atoms with Crippen LogP contribution in [0, 0.1) is 5.41 Å². The van der Waals surface area contributed by atoms with E-state index < -0.39 is 6.10 Å². The van der Waals surface area contributed by atoms with Gasteiger partial charge in [-0.05, 0) is 18.3 Å². The summed E-state index contributed by atoms with van der Waals surface area (Å²) in [6.45, 7) is 8.44. The van der Waals surface area contributed by atoms with Gasteiger partial charge in [0.25, 0.3) is 0 Å². The number of hydrogen-bond acceptors (Lipinski definition) is 3. The highest BCUT2D eigenvalue weighted by atomic mass is 16.3. The minimum absolute atomic E-state index is 0.0734. The molecule has 0 aromatic rings. The molecule has 2 atom stereocenters. The number of rotatable bonds is 6. The van der Waals surface area contributed by atoms with Crippen molar-refractivity contribution in [3.05, 3.63) is 0 Å². The molecule has 4 nitrogen and oxygen atoms in total. The van der Waals surface area contributed by atoms with E-state index in [4.69, 9.17) is 5.73 Å². The van der Waals surface area contributed by atoms with Gasteiger partial charge in [0.1, 0.15) is 0 Å². The van der Waals surface area contributed by atoms with E-state index in [-0.39, 0.29) is 17.4 Å². The number of amides is 1. The van der Waals surface area contributed by atoms with Crippen molar-refractivity contribution in [3.63, 3.8) is 0 Å². The molecule has 1 amide bonds. The second-order valence-corrected chi connectivity index (χ2v) is 5.60. The molecule has 0 aliphatic rings. The van der Waals surface area contributed by atoms with E-state index in [0.29, 0.717) is 19.4 Å². The molecular formula is C12H26N2O2. The Morgan fingerprint density at radius 1 is 1.44 bits per heavy atom. The first-order valence-electron chi connectivity index (χ1n) is 5.95. The smallest absolute Gasteiger partial charge is 0.221 e. The Kier molecular flexibility index (Phi) is 6.60. The molecule has 0 aliphatic carbocycles. The van der Waals surface area contributed by atoms with E-state index in [2.05, 4.69) is 26.1 Å².